The van der Waals surface area contributed by atoms with Crippen LogP contribution in [0, 0.1) is 18.6 Å². The van der Waals surface area contributed by atoms with Crippen LogP contribution in [0.25, 0.3) is 0 Å². The molecule has 2 fully saturated rings. The van der Waals surface area contributed by atoms with E-state index < -0.39 is 48.2 Å². The van der Waals surface area contributed by atoms with E-state index in [-0.39, 0.29) is 12.3 Å². The molecule has 2 aliphatic rings. The van der Waals surface area contributed by atoms with Crippen LogP contribution < -0.4 is 10.6 Å². The van der Waals surface area contributed by atoms with E-state index in [4.69, 9.17) is 9.47 Å². The highest BCUT2D eigenvalue weighted by atomic mass is 19.1. The normalized spacial score (nSPS) is 29.6. The molecule has 0 spiro atoms. The first-order valence-electron chi connectivity index (χ1n) is 8.41. The van der Waals surface area contributed by atoms with Crippen LogP contribution >= 0.6 is 0 Å². The molecular formula is C17H18F2N4O4. The van der Waals surface area contributed by atoms with E-state index in [1.807, 2.05) is 0 Å². The van der Waals surface area contributed by atoms with Gasteiger partial charge in [0.25, 0.3) is 0 Å². The van der Waals surface area contributed by atoms with Gasteiger partial charge in [0.05, 0.1) is 18.3 Å². The number of imidazole rings is 1. The second-order valence-corrected chi connectivity index (χ2v) is 6.49. The second kappa shape index (κ2) is 6.87. The van der Waals surface area contributed by atoms with E-state index in [1.54, 1.807) is 23.9 Å². The van der Waals surface area contributed by atoms with Gasteiger partial charge in [0.2, 0.25) is 0 Å². The van der Waals surface area contributed by atoms with Crippen molar-refractivity contribution in [3.05, 3.63) is 48.1 Å². The smallest absolute Gasteiger partial charge is 0.319 e. The number of benzene rings is 1. The van der Waals surface area contributed by atoms with Crippen molar-refractivity contribution < 1.29 is 28.2 Å². The molecular weight excluding hydrogens is 362 g/mol. The van der Waals surface area contributed by atoms with Crippen molar-refractivity contribution in [2.24, 2.45) is 0 Å². The van der Waals surface area contributed by atoms with Crippen LogP contribution in [0.5, 0.6) is 0 Å². The van der Waals surface area contributed by atoms with E-state index in [2.05, 4.69) is 15.6 Å². The number of carbonyl (C=O) groups excluding carboxylic acids is 1. The molecule has 27 heavy (non-hydrogen) atoms. The Morgan fingerprint density at radius 3 is 2.93 bits per heavy atom. The summed E-state index contributed by atoms with van der Waals surface area (Å²) < 4.78 is 39.8. The molecule has 0 radical (unpaired) electrons. The Morgan fingerprint density at radius 1 is 1.41 bits per heavy atom. The van der Waals surface area contributed by atoms with Gasteiger partial charge in [-0.25, -0.2) is 18.6 Å². The molecule has 2 saturated heterocycles. The maximum Gasteiger partial charge on any atom is 0.319 e. The average Bonchev–Trinajstić information content (AvgIpc) is 3.23. The number of carbonyl (C=O) groups is 1. The number of ether oxygens (including phenoxy) is 2. The van der Waals surface area contributed by atoms with Crippen LogP contribution in [0.1, 0.15) is 11.9 Å². The van der Waals surface area contributed by atoms with Crippen LogP contribution in [0.15, 0.2) is 30.6 Å². The van der Waals surface area contributed by atoms with Crippen molar-refractivity contribution in [3.63, 3.8) is 0 Å². The van der Waals surface area contributed by atoms with E-state index >= 15 is 0 Å². The van der Waals surface area contributed by atoms with Crippen molar-refractivity contribution in [2.75, 3.05) is 11.9 Å². The number of halogens is 2. The summed E-state index contributed by atoms with van der Waals surface area (Å²) in [5, 5.41) is 15.7. The van der Waals surface area contributed by atoms with Crippen molar-refractivity contribution >= 4 is 11.7 Å². The second-order valence-electron chi connectivity index (χ2n) is 6.49. The zero-order valence-corrected chi connectivity index (χ0v) is 14.3. The molecule has 8 nitrogen and oxygen atoms in total. The van der Waals surface area contributed by atoms with Gasteiger partial charge in [-0.3, -0.25) is 0 Å². The molecule has 2 aliphatic heterocycles. The lowest BCUT2D eigenvalue weighted by atomic mass is 9.96. The van der Waals surface area contributed by atoms with Crippen LogP contribution in [-0.4, -0.2) is 51.8 Å². The van der Waals surface area contributed by atoms with Crippen LogP contribution in [0.4, 0.5) is 19.3 Å². The number of aliphatic hydroxyl groups is 1. The topological polar surface area (TPSA) is 97.6 Å². The summed E-state index contributed by atoms with van der Waals surface area (Å²) in [5.74, 6) is -0.989. The Morgan fingerprint density at radius 2 is 2.22 bits per heavy atom. The standard InChI is InChI=1S/C17H18F2N4O4/c1-8-20-4-5-23(8)14-15(24)13(12-7-26-16(14)27-12)22-17(25)21-11-3-2-9(18)6-10(11)19/h2-6,12-16,24H,7H2,1H3,(H2,21,22,25)/t12-,13-,14-,15+,16-/m1/s1. The number of anilines is 1. The van der Waals surface area contributed by atoms with Gasteiger partial charge in [0.1, 0.15) is 35.7 Å². The predicted octanol–water partition coefficient (Wildman–Crippen LogP) is 1.32. The lowest BCUT2D eigenvalue weighted by molar-refractivity contribution is -0.163. The highest BCUT2D eigenvalue weighted by molar-refractivity contribution is 5.89. The molecule has 4 rings (SSSR count). The molecule has 1 aromatic heterocycles. The lowest BCUT2D eigenvalue weighted by Gasteiger charge is -2.39. The average molecular weight is 380 g/mol. The maximum atomic E-state index is 13.7. The fourth-order valence-corrected chi connectivity index (χ4v) is 3.48. The minimum Gasteiger partial charge on any atom is -0.388 e. The van der Waals surface area contributed by atoms with Gasteiger partial charge in [-0.15, -0.1) is 0 Å². The number of aliphatic hydroxyl groups excluding tert-OH is 1. The maximum absolute atomic E-state index is 13.7. The summed E-state index contributed by atoms with van der Waals surface area (Å²) in [4.78, 5) is 16.4. The fraction of sp³-hybridized carbons (Fsp3) is 0.412. The number of fused-ring (bicyclic) bond motifs is 2. The van der Waals surface area contributed by atoms with E-state index in [0.29, 0.717) is 11.9 Å². The summed E-state index contributed by atoms with van der Waals surface area (Å²) >= 11 is 0. The molecule has 144 valence electrons. The molecule has 3 heterocycles. The monoisotopic (exact) mass is 380 g/mol. The molecule has 0 saturated carbocycles. The molecule has 1 aromatic carbocycles. The Labute approximate surface area is 153 Å². The highest BCUT2D eigenvalue weighted by Crippen LogP contribution is 2.36. The first-order chi connectivity index (χ1) is 12.9. The minimum absolute atomic E-state index is 0.178. The third kappa shape index (κ3) is 3.27. The molecule has 2 amide bonds. The summed E-state index contributed by atoms with van der Waals surface area (Å²) in [5.41, 5.74) is -0.178. The molecule has 2 bridgehead atoms. The number of hydrogen-bond acceptors (Lipinski definition) is 5. The van der Waals surface area contributed by atoms with Crippen LogP contribution in [-0.2, 0) is 9.47 Å². The third-order valence-electron chi connectivity index (χ3n) is 4.79. The molecule has 10 heteroatoms. The lowest BCUT2D eigenvalue weighted by Crippen LogP contribution is -2.59. The van der Waals surface area contributed by atoms with E-state index in [1.165, 1.54) is 0 Å². The number of aryl methyl sites for hydroxylation is 1. The molecule has 3 N–H and O–H groups in total. The number of nitrogens with zero attached hydrogens (tertiary/aromatic N) is 2. The zero-order valence-electron chi connectivity index (χ0n) is 14.3. The van der Waals surface area contributed by atoms with Crippen molar-refractivity contribution in [3.8, 4) is 0 Å². The van der Waals surface area contributed by atoms with Gasteiger partial charge in [-0.2, -0.15) is 0 Å². The quantitative estimate of drug-likeness (QED) is 0.746. The molecule has 0 unspecified atom stereocenters. The van der Waals surface area contributed by atoms with E-state index in [0.717, 1.165) is 12.1 Å². The Hall–Kier alpha value is -2.56. The SMILES string of the molecule is Cc1nccn1[C@H]1[C@@H]2OC[C@@H](O2)[C@@H](NC(=O)Nc2ccc(F)cc2F)[C@@H]1O. The molecule has 5 atom stereocenters. The van der Waals surface area contributed by atoms with Gasteiger partial charge in [-0.1, -0.05) is 0 Å². The van der Waals surface area contributed by atoms with Crippen LogP contribution in [0.2, 0.25) is 0 Å². The van der Waals surface area contributed by atoms with Gasteiger partial charge < -0.3 is 29.8 Å². The Kier molecular flexibility index (Phi) is 4.54. The fourth-order valence-electron chi connectivity index (χ4n) is 3.48. The van der Waals surface area contributed by atoms with Gasteiger partial charge in [0.15, 0.2) is 6.29 Å². The van der Waals surface area contributed by atoms with Gasteiger partial charge >= 0.3 is 6.03 Å². The van der Waals surface area contributed by atoms with E-state index in [9.17, 15) is 18.7 Å². The largest absolute Gasteiger partial charge is 0.388 e. The van der Waals surface area contributed by atoms with Gasteiger partial charge in [0, 0.05) is 18.5 Å². The predicted molar refractivity (Wildman–Crippen MR) is 88.9 cm³/mol. The number of amides is 2. The third-order valence-corrected chi connectivity index (χ3v) is 4.79. The summed E-state index contributed by atoms with van der Waals surface area (Å²) in [6, 6.07) is 0.675. The first-order valence-corrected chi connectivity index (χ1v) is 8.41. The Balaban J connectivity index is 1.50. The summed E-state index contributed by atoms with van der Waals surface area (Å²) in [7, 11) is 0. The van der Waals surface area contributed by atoms with Gasteiger partial charge in [-0.05, 0) is 19.1 Å². The van der Waals surface area contributed by atoms with Crippen molar-refractivity contribution in [2.45, 2.75) is 37.5 Å². The van der Waals surface area contributed by atoms with Crippen LogP contribution in [0.3, 0.4) is 0 Å². The van der Waals surface area contributed by atoms with Crippen molar-refractivity contribution in [1.82, 2.24) is 14.9 Å². The number of rotatable bonds is 3. The first kappa shape index (κ1) is 17.8. The van der Waals surface area contributed by atoms with Crippen molar-refractivity contribution in [1.29, 1.82) is 0 Å². The number of urea groups is 1. The molecule has 2 aromatic rings. The highest BCUT2D eigenvalue weighted by Gasteiger charge is 2.51. The summed E-state index contributed by atoms with van der Waals surface area (Å²) in [6.07, 6.45) is 1.06. The summed E-state index contributed by atoms with van der Waals surface area (Å²) in [6.45, 7) is 1.97. The molecule has 0 aliphatic carbocycles. The zero-order chi connectivity index (χ0) is 19.1. The number of nitrogens with one attached hydrogen (secondary N) is 2. The minimum atomic E-state index is -1.02. The Bertz CT molecular complexity index is 861. The number of hydrogen-bond donors (Lipinski definition) is 3. The number of aromatic nitrogens is 2.